The number of fused-ring (bicyclic) bond motifs is 6. The zero-order valence-electron chi connectivity index (χ0n) is 37.9. The first kappa shape index (κ1) is 42.1. The third-order valence-corrected chi connectivity index (χ3v) is 15.5. The topological polar surface area (TPSA) is 25.8 Å². The van der Waals surface area contributed by atoms with Gasteiger partial charge in [-0.25, -0.2) is 9.97 Å². The summed E-state index contributed by atoms with van der Waals surface area (Å²) >= 11 is 3.72. The summed E-state index contributed by atoms with van der Waals surface area (Å²) in [5.41, 5.74) is 18.0. The largest absolute Gasteiger partial charge is 0.236 e. The molecule has 0 amide bonds. The van der Waals surface area contributed by atoms with Gasteiger partial charge in [-0.3, -0.25) is 0 Å². The van der Waals surface area contributed by atoms with E-state index in [9.17, 15) is 0 Å². The highest BCUT2D eigenvalue weighted by Crippen LogP contribution is 2.46. The Hall–Kier alpha value is -8.28. The molecule has 0 N–H and O–H groups in total. The van der Waals surface area contributed by atoms with E-state index in [2.05, 4.69) is 225 Å². The number of allylic oxidation sites excluding steroid dienone is 5. The predicted octanol–water partition coefficient (Wildman–Crippen LogP) is 19.0. The molecule has 4 heteroatoms. The van der Waals surface area contributed by atoms with Crippen LogP contribution >= 0.6 is 22.7 Å². The molecule has 326 valence electrons. The van der Waals surface area contributed by atoms with E-state index in [1.54, 1.807) is 6.33 Å². The van der Waals surface area contributed by atoms with Gasteiger partial charge in [0.05, 0.1) is 11.4 Å². The molecule has 69 heavy (non-hydrogen) atoms. The number of rotatable bonds is 10. The van der Waals surface area contributed by atoms with Crippen molar-refractivity contribution in [2.75, 3.05) is 0 Å². The average Bonchev–Trinajstić information content (AvgIpc) is 3.99. The first-order valence-electron chi connectivity index (χ1n) is 23.2. The van der Waals surface area contributed by atoms with Gasteiger partial charge in [-0.05, 0) is 129 Å². The Balaban J connectivity index is 0.950. The van der Waals surface area contributed by atoms with Gasteiger partial charge in [-0.1, -0.05) is 170 Å². The molecule has 3 aromatic heterocycles. The molecule has 0 unspecified atom stereocenters. The molecule has 0 aliphatic carbocycles. The Morgan fingerprint density at radius 3 is 1.39 bits per heavy atom. The summed E-state index contributed by atoms with van der Waals surface area (Å²) in [4.78, 5) is 9.77. The molecular weight excluding hydrogens is 873 g/mol. The monoisotopic (exact) mass is 916 g/mol. The second-order valence-electron chi connectivity index (χ2n) is 17.3. The molecule has 3 heterocycles. The Kier molecular flexibility index (Phi) is 11.0. The van der Waals surface area contributed by atoms with Crippen LogP contribution in [-0.2, 0) is 0 Å². The zero-order chi connectivity index (χ0) is 46.3. The lowest BCUT2D eigenvalue weighted by Gasteiger charge is -2.12. The molecular formula is C65H44N2S2. The van der Waals surface area contributed by atoms with Crippen LogP contribution in [0.3, 0.4) is 0 Å². The van der Waals surface area contributed by atoms with Gasteiger partial charge < -0.3 is 0 Å². The molecule has 0 bridgehead atoms. The van der Waals surface area contributed by atoms with Crippen LogP contribution in [0.15, 0.2) is 243 Å². The molecule has 0 atom stereocenters. The van der Waals surface area contributed by atoms with Crippen molar-refractivity contribution in [1.29, 1.82) is 0 Å². The van der Waals surface area contributed by atoms with Crippen LogP contribution in [0.1, 0.15) is 12.5 Å². The van der Waals surface area contributed by atoms with Crippen molar-refractivity contribution in [3.63, 3.8) is 0 Å². The van der Waals surface area contributed by atoms with Crippen LogP contribution in [0, 0.1) is 0 Å². The van der Waals surface area contributed by atoms with Crippen LogP contribution in [-0.4, -0.2) is 9.97 Å². The fourth-order valence-corrected chi connectivity index (χ4v) is 12.0. The zero-order valence-corrected chi connectivity index (χ0v) is 39.6. The molecule has 0 fully saturated rings. The molecule has 0 saturated heterocycles. The van der Waals surface area contributed by atoms with Gasteiger partial charge in [0.1, 0.15) is 6.33 Å². The van der Waals surface area contributed by atoms with E-state index in [1.165, 1.54) is 84.9 Å². The highest BCUT2D eigenvalue weighted by atomic mass is 32.1. The summed E-state index contributed by atoms with van der Waals surface area (Å²) in [5.74, 6) is 0. The van der Waals surface area contributed by atoms with E-state index in [1.807, 2.05) is 41.7 Å². The lowest BCUT2D eigenvalue weighted by atomic mass is 9.93. The maximum atomic E-state index is 4.88. The molecule has 0 aliphatic heterocycles. The minimum absolute atomic E-state index is 0.876. The Morgan fingerprint density at radius 2 is 0.870 bits per heavy atom. The highest BCUT2D eigenvalue weighted by molar-refractivity contribution is 7.26. The standard InChI is InChI=1S/C65H44N2S2/c1-3-5-17-42(4-2)46-28-30-62-56(34-46)58-38-52(44-20-11-7-12-21-44)36-54(64(58)68-62)48-24-15-26-50(32-48)60-40-61(67-41-66-60)51-27-16-25-49(33-51)55-37-53(45-22-13-8-14-23-45)39-59-57-35-47(43-18-9-6-10-19-43)29-31-63(57)69-65(55)59/h3-41H,2H2,1H3/b5-3-,42-17+. The third kappa shape index (κ3) is 8.00. The van der Waals surface area contributed by atoms with Gasteiger partial charge in [-0.2, -0.15) is 0 Å². The summed E-state index contributed by atoms with van der Waals surface area (Å²) in [7, 11) is 0. The maximum absolute atomic E-state index is 4.88. The number of thiophene rings is 2. The molecule has 0 radical (unpaired) electrons. The molecule has 12 rings (SSSR count). The van der Waals surface area contributed by atoms with Crippen molar-refractivity contribution in [2.45, 2.75) is 6.92 Å². The normalized spacial score (nSPS) is 11.9. The van der Waals surface area contributed by atoms with E-state index < -0.39 is 0 Å². The van der Waals surface area contributed by atoms with E-state index in [0.29, 0.717) is 0 Å². The second-order valence-corrected chi connectivity index (χ2v) is 19.4. The first-order valence-corrected chi connectivity index (χ1v) is 24.9. The molecule has 0 saturated carbocycles. The summed E-state index contributed by atoms with van der Waals surface area (Å²) in [5, 5.41) is 5.04. The molecule has 9 aromatic carbocycles. The Bertz CT molecular complexity index is 3970. The summed E-state index contributed by atoms with van der Waals surface area (Å²) in [6.07, 6.45) is 9.88. The number of aromatic nitrogens is 2. The van der Waals surface area contributed by atoms with Gasteiger partial charge in [0, 0.05) is 62.6 Å². The third-order valence-electron chi connectivity index (χ3n) is 13.1. The SMILES string of the molecule is C=C/C(=C\C=C/C)c1ccc2sc3c(-c4cccc(-c5cc(-c6cccc(-c7cc(-c8ccccc8)cc8c7sc7ccc(-c9ccccc9)cc78)c6)ncn5)c4)cc(-c4ccccc4)cc3c2c1. The van der Waals surface area contributed by atoms with Crippen LogP contribution in [0.4, 0.5) is 0 Å². The van der Waals surface area contributed by atoms with E-state index in [-0.39, 0.29) is 0 Å². The highest BCUT2D eigenvalue weighted by Gasteiger charge is 2.18. The average molecular weight is 917 g/mol. The van der Waals surface area contributed by atoms with Gasteiger partial charge in [0.15, 0.2) is 0 Å². The fraction of sp³-hybridized carbons (Fsp3) is 0.0154. The quantitative estimate of drug-likeness (QED) is 0.128. The molecule has 0 spiro atoms. The summed E-state index contributed by atoms with van der Waals surface area (Å²) in [6.45, 7) is 6.17. The Labute approximate surface area is 410 Å². The number of nitrogens with zero attached hydrogens (tertiary/aromatic N) is 2. The Morgan fingerprint density at radius 1 is 0.406 bits per heavy atom. The summed E-state index contributed by atoms with van der Waals surface area (Å²) in [6, 6.07) is 75.0. The van der Waals surface area contributed by atoms with Crippen LogP contribution in [0.25, 0.3) is 124 Å². The van der Waals surface area contributed by atoms with Crippen molar-refractivity contribution in [2.24, 2.45) is 0 Å². The van der Waals surface area contributed by atoms with E-state index in [0.717, 1.165) is 44.8 Å². The van der Waals surface area contributed by atoms with Gasteiger partial charge in [-0.15, -0.1) is 22.7 Å². The van der Waals surface area contributed by atoms with Crippen molar-refractivity contribution < 1.29 is 0 Å². The summed E-state index contributed by atoms with van der Waals surface area (Å²) < 4.78 is 5.07. The van der Waals surface area contributed by atoms with Crippen molar-refractivity contribution in [1.82, 2.24) is 9.97 Å². The number of hydrogen-bond acceptors (Lipinski definition) is 4. The fourth-order valence-electron chi connectivity index (χ4n) is 9.62. The van der Waals surface area contributed by atoms with Gasteiger partial charge in [0.2, 0.25) is 0 Å². The van der Waals surface area contributed by atoms with Crippen LogP contribution in [0.5, 0.6) is 0 Å². The van der Waals surface area contributed by atoms with Crippen molar-refractivity contribution >= 4 is 68.6 Å². The second kappa shape index (κ2) is 18.1. The van der Waals surface area contributed by atoms with Crippen LogP contribution < -0.4 is 0 Å². The number of hydrogen-bond donors (Lipinski definition) is 0. The molecule has 2 nitrogen and oxygen atoms in total. The van der Waals surface area contributed by atoms with Gasteiger partial charge in [0.25, 0.3) is 0 Å². The first-order chi connectivity index (χ1) is 34.1. The van der Waals surface area contributed by atoms with Gasteiger partial charge >= 0.3 is 0 Å². The number of benzene rings is 9. The lowest BCUT2D eigenvalue weighted by Crippen LogP contribution is -1.91. The maximum Gasteiger partial charge on any atom is 0.116 e. The minimum atomic E-state index is 0.876. The molecule has 0 aliphatic rings. The van der Waals surface area contributed by atoms with Crippen molar-refractivity contribution in [3.8, 4) is 78.1 Å². The lowest BCUT2D eigenvalue weighted by molar-refractivity contribution is 1.18. The van der Waals surface area contributed by atoms with Crippen LogP contribution in [0.2, 0.25) is 0 Å². The molecule has 12 aromatic rings. The van der Waals surface area contributed by atoms with Crippen molar-refractivity contribution in [3.05, 3.63) is 249 Å². The van der Waals surface area contributed by atoms with E-state index >= 15 is 0 Å². The predicted molar refractivity (Wildman–Crippen MR) is 299 cm³/mol. The minimum Gasteiger partial charge on any atom is -0.236 e. The smallest absolute Gasteiger partial charge is 0.116 e. The van der Waals surface area contributed by atoms with E-state index in [4.69, 9.17) is 9.97 Å².